The highest BCUT2D eigenvalue weighted by atomic mass is 19.1. The number of halogens is 1. The summed E-state index contributed by atoms with van der Waals surface area (Å²) in [5, 5.41) is 0. The quantitative estimate of drug-likeness (QED) is 0.483. The normalized spacial score (nSPS) is 42.0. The van der Waals surface area contributed by atoms with Crippen molar-refractivity contribution in [2.45, 2.75) is 31.5 Å². The van der Waals surface area contributed by atoms with Gasteiger partial charge in [-0.05, 0) is 19.3 Å². The maximum atomic E-state index is 12.1. The van der Waals surface area contributed by atoms with Crippen LogP contribution in [0.1, 0.15) is 19.3 Å². The number of alkyl halides is 1. The molecule has 1 aliphatic carbocycles. The molecule has 0 heterocycles. The first kappa shape index (κ1) is 5.04. The molecule has 0 saturated heterocycles. The summed E-state index contributed by atoms with van der Waals surface area (Å²) in [5.41, 5.74) is 5.39. The van der Waals surface area contributed by atoms with Gasteiger partial charge in [0.1, 0.15) is 6.17 Å². The van der Waals surface area contributed by atoms with E-state index in [1.54, 1.807) is 0 Å². The topological polar surface area (TPSA) is 26.0 Å². The zero-order chi connectivity index (χ0) is 5.28. The van der Waals surface area contributed by atoms with Crippen LogP contribution in [0, 0.1) is 0 Å². The van der Waals surface area contributed by atoms with Crippen molar-refractivity contribution in [2.24, 2.45) is 5.73 Å². The smallest absolute Gasteiger partial charge is 0.102 e. The average molecular weight is 103 g/mol. The third kappa shape index (κ3) is 1.13. The van der Waals surface area contributed by atoms with Crippen LogP contribution in [-0.2, 0) is 0 Å². The number of nitrogens with two attached hydrogens (primary N) is 1. The predicted molar refractivity (Wildman–Crippen MR) is 26.7 cm³/mol. The molecule has 2 N–H and O–H groups in total. The van der Waals surface area contributed by atoms with Gasteiger partial charge >= 0.3 is 0 Å². The van der Waals surface area contributed by atoms with Crippen molar-refractivity contribution in [1.29, 1.82) is 0 Å². The molecule has 0 radical (unpaired) electrons. The highest BCUT2D eigenvalue weighted by Crippen LogP contribution is 2.19. The molecule has 2 heteroatoms. The van der Waals surface area contributed by atoms with Crippen molar-refractivity contribution in [2.75, 3.05) is 0 Å². The zero-order valence-electron chi connectivity index (χ0n) is 4.23. The number of hydrogen-bond donors (Lipinski definition) is 1. The van der Waals surface area contributed by atoms with Gasteiger partial charge in [0.05, 0.1) is 0 Å². The zero-order valence-corrected chi connectivity index (χ0v) is 4.23. The molecule has 1 rings (SSSR count). The Balaban J connectivity index is 2.26. The fourth-order valence-electron chi connectivity index (χ4n) is 0.959. The van der Waals surface area contributed by atoms with Crippen LogP contribution < -0.4 is 5.73 Å². The fraction of sp³-hybridized carbons (Fsp3) is 1.00. The molecule has 1 nitrogen and oxygen atoms in total. The lowest BCUT2D eigenvalue weighted by molar-refractivity contribution is 0.339. The van der Waals surface area contributed by atoms with E-state index in [2.05, 4.69) is 0 Å². The summed E-state index contributed by atoms with van der Waals surface area (Å²) in [6.07, 6.45) is 1.54. The third-order valence-electron chi connectivity index (χ3n) is 1.41. The van der Waals surface area contributed by atoms with Crippen LogP contribution in [0.4, 0.5) is 4.39 Å². The lowest BCUT2D eigenvalue weighted by Gasteiger charge is -1.94. The first-order valence-electron chi connectivity index (χ1n) is 2.68. The Labute approximate surface area is 42.7 Å². The summed E-state index contributed by atoms with van der Waals surface area (Å²) in [7, 11) is 0. The van der Waals surface area contributed by atoms with Crippen LogP contribution in [0.3, 0.4) is 0 Å². The third-order valence-corrected chi connectivity index (χ3v) is 1.41. The van der Waals surface area contributed by atoms with E-state index in [1.807, 2.05) is 0 Å². The second-order valence-electron chi connectivity index (χ2n) is 2.17. The first-order valence-corrected chi connectivity index (χ1v) is 2.68. The maximum Gasteiger partial charge on any atom is 0.102 e. The summed E-state index contributed by atoms with van der Waals surface area (Å²) in [6.45, 7) is 0. The van der Waals surface area contributed by atoms with Crippen LogP contribution in [0.15, 0.2) is 0 Å². The van der Waals surface area contributed by atoms with Gasteiger partial charge in [-0.25, -0.2) is 4.39 Å². The molecule has 1 aliphatic rings. The molecule has 1 saturated carbocycles. The van der Waals surface area contributed by atoms with Crippen molar-refractivity contribution in [3.63, 3.8) is 0 Å². The van der Waals surface area contributed by atoms with Gasteiger partial charge in [-0.15, -0.1) is 0 Å². The van der Waals surface area contributed by atoms with Crippen molar-refractivity contribution in [1.82, 2.24) is 0 Å². The van der Waals surface area contributed by atoms with Crippen molar-refractivity contribution in [3.05, 3.63) is 0 Å². The van der Waals surface area contributed by atoms with E-state index in [9.17, 15) is 4.39 Å². The largest absolute Gasteiger partial charge is 0.328 e. The first-order chi connectivity index (χ1) is 3.29. The number of hydrogen-bond acceptors (Lipinski definition) is 1. The second kappa shape index (κ2) is 1.78. The Morgan fingerprint density at radius 1 is 1.43 bits per heavy atom. The Bertz CT molecular complexity index is 57.1. The molecule has 0 aromatic carbocycles. The van der Waals surface area contributed by atoms with Crippen LogP contribution in [0.25, 0.3) is 0 Å². The minimum Gasteiger partial charge on any atom is -0.328 e. The molecule has 0 aliphatic heterocycles. The highest BCUT2D eigenvalue weighted by Gasteiger charge is 2.19. The molecule has 1 fully saturated rings. The van der Waals surface area contributed by atoms with E-state index in [4.69, 9.17) is 5.73 Å². The monoisotopic (exact) mass is 103 g/mol. The lowest BCUT2D eigenvalue weighted by atomic mass is 10.3. The summed E-state index contributed by atoms with van der Waals surface area (Å²) < 4.78 is 12.1. The molecule has 0 spiro atoms. The van der Waals surface area contributed by atoms with Crippen LogP contribution in [0.2, 0.25) is 0 Å². The Morgan fingerprint density at radius 3 is 2.29 bits per heavy atom. The minimum absolute atomic E-state index is 0.148. The van der Waals surface area contributed by atoms with Crippen LogP contribution in [0.5, 0.6) is 0 Å². The molecule has 1 unspecified atom stereocenters. The van der Waals surface area contributed by atoms with Gasteiger partial charge < -0.3 is 5.73 Å². The molecule has 2 atom stereocenters. The maximum absolute atomic E-state index is 12.1. The minimum atomic E-state index is -0.602. The van der Waals surface area contributed by atoms with Gasteiger partial charge in [0.15, 0.2) is 0 Å². The molecule has 7 heavy (non-hydrogen) atoms. The van der Waals surface area contributed by atoms with Crippen molar-refractivity contribution >= 4 is 0 Å². The van der Waals surface area contributed by atoms with E-state index >= 15 is 0 Å². The Kier molecular flexibility index (Phi) is 1.28. The van der Waals surface area contributed by atoms with E-state index in [0.29, 0.717) is 12.8 Å². The summed E-state index contributed by atoms with van der Waals surface area (Å²) >= 11 is 0. The van der Waals surface area contributed by atoms with Gasteiger partial charge in [0, 0.05) is 6.04 Å². The van der Waals surface area contributed by atoms with Crippen molar-refractivity contribution < 1.29 is 4.39 Å². The molecule has 0 aromatic heterocycles. The lowest BCUT2D eigenvalue weighted by Crippen LogP contribution is -2.14. The Morgan fingerprint density at radius 2 is 2.14 bits per heavy atom. The molecule has 0 bridgehead atoms. The predicted octanol–water partition coefficient (Wildman–Crippen LogP) is 0.836. The summed E-state index contributed by atoms with van der Waals surface area (Å²) in [6, 6.07) is 0.148. The van der Waals surface area contributed by atoms with E-state index in [1.165, 1.54) is 0 Å². The SMILES string of the molecule is NC1CC[C@H](F)C1. The molecule has 42 valence electrons. The fourth-order valence-corrected chi connectivity index (χ4v) is 0.959. The van der Waals surface area contributed by atoms with Crippen LogP contribution in [-0.4, -0.2) is 12.2 Å². The second-order valence-corrected chi connectivity index (χ2v) is 2.17. The number of rotatable bonds is 0. The summed E-state index contributed by atoms with van der Waals surface area (Å²) in [4.78, 5) is 0. The van der Waals surface area contributed by atoms with Gasteiger partial charge in [0.2, 0.25) is 0 Å². The van der Waals surface area contributed by atoms with E-state index < -0.39 is 6.17 Å². The summed E-state index contributed by atoms with van der Waals surface area (Å²) in [5.74, 6) is 0. The van der Waals surface area contributed by atoms with Gasteiger partial charge in [-0.2, -0.15) is 0 Å². The van der Waals surface area contributed by atoms with E-state index in [-0.39, 0.29) is 6.04 Å². The molecule has 0 aromatic rings. The van der Waals surface area contributed by atoms with Crippen molar-refractivity contribution in [3.8, 4) is 0 Å². The van der Waals surface area contributed by atoms with Crippen LogP contribution >= 0.6 is 0 Å². The molecular formula is C5H10FN. The highest BCUT2D eigenvalue weighted by molar-refractivity contribution is 4.76. The average Bonchev–Trinajstić information content (AvgIpc) is 1.87. The van der Waals surface area contributed by atoms with Gasteiger partial charge in [-0.3, -0.25) is 0 Å². The van der Waals surface area contributed by atoms with Gasteiger partial charge in [0.25, 0.3) is 0 Å². The van der Waals surface area contributed by atoms with E-state index in [0.717, 1.165) is 6.42 Å². The Hall–Kier alpha value is -0.110. The standard InChI is InChI=1S/C5H10FN/c6-4-1-2-5(7)3-4/h4-5H,1-3,7H2/t4-,5?/m0/s1. The molecule has 0 amide bonds. The molecular weight excluding hydrogens is 93.1 g/mol. The van der Waals surface area contributed by atoms with Gasteiger partial charge in [-0.1, -0.05) is 0 Å².